The van der Waals surface area contributed by atoms with Crippen LogP contribution in [0.25, 0.3) is 0 Å². The van der Waals surface area contributed by atoms with E-state index in [-0.39, 0.29) is 11.9 Å². The Balaban J connectivity index is 2.00. The summed E-state index contributed by atoms with van der Waals surface area (Å²) in [5, 5.41) is 8.52. The molecule has 134 valence electrons. The Kier molecular flexibility index (Phi) is 5.13. The van der Waals surface area contributed by atoms with Crippen LogP contribution in [-0.4, -0.2) is 11.9 Å². The summed E-state index contributed by atoms with van der Waals surface area (Å²) in [4.78, 5) is 25.1. The van der Waals surface area contributed by atoms with E-state index in [0.717, 1.165) is 26.9 Å². The number of carbonyl (C=O) groups is 2. The predicted octanol–water partition coefficient (Wildman–Crippen LogP) is 4.33. The van der Waals surface area contributed by atoms with Gasteiger partial charge in [-0.15, -0.1) is 0 Å². The maximum absolute atomic E-state index is 13.1. The number of halogens is 1. The van der Waals surface area contributed by atoms with Crippen molar-refractivity contribution in [2.45, 2.75) is 26.8 Å². The summed E-state index contributed by atoms with van der Waals surface area (Å²) < 4.78 is 0.831. The van der Waals surface area contributed by atoms with Gasteiger partial charge in [0.25, 0.3) is 5.91 Å². The van der Waals surface area contributed by atoms with Gasteiger partial charge in [-0.1, -0.05) is 46.3 Å². The molecule has 3 rings (SSSR count). The van der Waals surface area contributed by atoms with E-state index in [2.05, 4.69) is 31.9 Å². The quantitative estimate of drug-likeness (QED) is 0.700. The normalized spacial score (nSPS) is 16.8. The van der Waals surface area contributed by atoms with E-state index in [0.29, 0.717) is 11.3 Å². The number of hydrogen-bond acceptors (Lipinski definition) is 2. The number of amides is 3. The van der Waals surface area contributed by atoms with Gasteiger partial charge < -0.3 is 16.0 Å². The minimum absolute atomic E-state index is 0.246. The minimum atomic E-state index is -0.538. The van der Waals surface area contributed by atoms with Crippen molar-refractivity contribution in [3.8, 4) is 0 Å². The van der Waals surface area contributed by atoms with Crippen LogP contribution in [0.5, 0.6) is 0 Å². The molecule has 2 aromatic rings. The molecule has 0 saturated heterocycles. The fourth-order valence-corrected chi connectivity index (χ4v) is 3.51. The lowest BCUT2D eigenvalue weighted by atomic mass is 9.94. The SMILES string of the molecule is CC1=C(C(=O)Nc2cc(C)ccc2C)C(c2ccccc2Br)NC(=O)N1. The van der Waals surface area contributed by atoms with E-state index in [1.54, 1.807) is 6.92 Å². The second-order valence-corrected chi connectivity index (χ2v) is 7.22. The van der Waals surface area contributed by atoms with Gasteiger partial charge in [0, 0.05) is 15.9 Å². The fraction of sp³-hybridized carbons (Fsp3) is 0.200. The lowest BCUT2D eigenvalue weighted by molar-refractivity contribution is -0.113. The van der Waals surface area contributed by atoms with Gasteiger partial charge in [-0.3, -0.25) is 4.79 Å². The molecule has 3 N–H and O–H groups in total. The number of allylic oxidation sites excluding steroid dienone is 1. The monoisotopic (exact) mass is 413 g/mol. The zero-order valence-corrected chi connectivity index (χ0v) is 16.4. The molecular weight excluding hydrogens is 394 g/mol. The van der Waals surface area contributed by atoms with Crippen molar-refractivity contribution in [2.75, 3.05) is 5.32 Å². The Morgan fingerprint density at radius 3 is 2.58 bits per heavy atom. The molecular formula is C20H20BrN3O2. The minimum Gasteiger partial charge on any atom is -0.327 e. The molecule has 1 unspecified atom stereocenters. The largest absolute Gasteiger partial charge is 0.327 e. The highest BCUT2D eigenvalue weighted by atomic mass is 79.9. The number of urea groups is 1. The summed E-state index contributed by atoms with van der Waals surface area (Å²) in [6.07, 6.45) is 0. The van der Waals surface area contributed by atoms with Crippen LogP contribution in [0.1, 0.15) is 29.7 Å². The number of hydrogen-bond donors (Lipinski definition) is 3. The third-order valence-electron chi connectivity index (χ3n) is 4.37. The van der Waals surface area contributed by atoms with Crippen LogP contribution in [0, 0.1) is 13.8 Å². The first-order valence-electron chi connectivity index (χ1n) is 8.28. The third kappa shape index (κ3) is 3.65. The van der Waals surface area contributed by atoms with Crippen molar-refractivity contribution in [3.05, 3.63) is 74.9 Å². The first-order valence-corrected chi connectivity index (χ1v) is 9.07. The van der Waals surface area contributed by atoms with Gasteiger partial charge in [-0.2, -0.15) is 0 Å². The van der Waals surface area contributed by atoms with Crippen molar-refractivity contribution in [3.63, 3.8) is 0 Å². The predicted molar refractivity (Wildman–Crippen MR) is 106 cm³/mol. The van der Waals surface area contributed by atoms with Gasteiger partial charge in [-0.05, 0) is 49.6 Å². The molecule has 1 aliphatic rings. The zero-order valence-electron chi connectivity index (χ0n) is 14.8. The number of anilines is 1. The maximum atomic E-state index is 13.1. The molecule has 1 atom stereocenters. The van der Waals surface area contributed by atoms with E-state index in [1.165, 1.54) is 0 Å². The van der Waals surface area contributed by atoms with E-state index in [4.69, 9.17) is 0 Å². The molecule has 0 aliphatic carbocycles. The van der Waals surface area contributed by atoms with E-state index in [1.807, 2.05) is 56.3 Å². The summed E-state index contributed by atoms with van der Waals surface area (Å²) in [6, 6.07) is 12.6. The molecule has 3 amide bonds. The Hall–Kier alpha value is -2.60. The topological polar surface area (TPSA) is 70.2 Å². The molecule has 0 saturated carbocycles. The first kappa shape index (κ1) is 18.2. The highest BCUT2D eigenvalue weighted by molar-refractivity contribution is 9.10. The molecule has 1 heterocycles. The molecule has 2 aromatic carbocycles. The average Bonchev–Trinajstić information content (AvgIpc) is 2.57. The van der Waals surface area contributed by atoms with Crippen LogP contribution in [0.2, 0.25) is 0 Å². The fourth-order valence-electron chi connectivity index (χ4n) is 3.00. The van der Waals surface area contributed by atoms with Crippen molar-refractivity contribution in [1.82, 2.24) is 10.6 Å². The number of benzene rings is 2. The summed E-state index contributed by atoms with van der Waals surface area (Å²) >= 11 is 3.51. The third-order valence-corrected chi connectivity index (χ3v) is 5.09. The lowest BCUT2D eigenvalue weighted by Gasteiger charge is -2.29. The zero-order chi connectivity index (χ0) is 18.8. The Morgan fingerprint density at radius 1 is 1.12 bits per heavy atom. The number of nitrogens with one attached hydrogen (secondary N) is 3. The van der Waals surface area contributed by atoms with Crippen molar-refractivity contribution < 1.29 is 9.59 Å². The van der Waals surface area contributed by atoms with Crippen molar-refractivity contribution in [2.24, 2.45) is 0 Å². The van der Waals surface area contributed by atoms with Gasteiger partial charge in [-0.25, -0.2) is 4.79 Å². The second kappa shape index (κ2) is 7.33. The van der Waals surface area contributed by atoms with E-state index in [9.17, 15) is 9.59 Å². The van der Waals surface area contributed by atoms with Crippen LogP contribution in [0.3, 0.4) is 0 Å². The number of carbonyl (C=O) groups excluding carboxylic acids is 2. The summed E-state index contributed by atoms with van der Waals surface area (Å²) in [7, 11) is 0. The van der Waals surface area contributed by atoms with Crippen LogP contribution >= 0.6 is 15.9 Å². The van der Waals surface area contributed by atoms with Gasteiger partial charge in [0.15, 0.2) is 0 Å². The summed E-state index contributed by atoms with van der Waals surface area (Å²) in [6.45, 7) is 5.66. The van der Waals surface area contributed by atoms with Gasteiger partial charge in [0.05, 0.1) is 11.6 Å². The smallest absolute Gasteiger partial charge is 0.319 e. The van der Waals surface area contributed by atoms with Gasteiger partial charge >= 0.3 is 6.03 Å². The summed E-state index contributed by atoms with van der Waals surface area (Å²) in [5.74, 6) is -0.246. The molecule has 0 radical (unpaired) electrons. The molecule has 26 heavy (non-hydrogen) atoms. The van der Waals surface area contributed by atoms with Crippen molar-refractivity contribution >= 4 is 33.6 Å². The highest BCUT2D eigenvalue weighted by Crippen LogP contribution is 2.32. The summed E-state index contributed by atoms with van der Waals surface area (Å²) in [5.41, 5.74) is 4.65. The molecule has 0 bridgehead atoms. The Morgan fingerprint density at radius 2 is 1.85 bits per heavy atom. The van der Waals surface area contributed by atoms with Crippen LogP contribution in [-0.2, 0) is 4.79 Å². The van der Waals surface area contributed by atoms with Crippen LogP contribution < -0.4 is 16.0 Å². The molecule has 6 heteroatoms. The molecule has 5 nitrogen and oxygen atoms in total. The maximum Gasteiger partial charge on any atom is 0.319 e. The number of aryl methyl sites for hydroxylation is 2. The molecule has 1 aliphatic heterocycles. The Labute approximate surface area is 161 Å². The first-order chi connectivity index (χ1) is 12.4. The second-order valence-electron chi connectivity index (χ2n) is 6.36. The molecule has 0 spiro atoms. The van der Waals surface area contributed by atoms with Crippen molar-refractivity contribution in [1.29, 1.82) is 0 Å². The highest BCUT2D eigenvalue weighted by Gasteiger charge is 2.32. The van der Waals surface area contributed by atoms with Crippen LogP contribution in [0.15, 0.2) is 58.2 Å². The Bertz CT molecular complexity index is 921. The van der Waals surface area contributed by atoms with Gasteiger partial charge in [0.2, 0.25) is 0 Å². The molecule has 0 aromatic heterocycles. The van der Waals surface area contributed by atoms with Crippen LogP contribution in [0.4, 0.5) is 10.5 Å². The standard InChI is InChI=1S/C20H20BrN3O2/c1-11-8-9-12(2)16(10-11)23-19(25)17-13(3)22-20(26)24-18(17)14-6-4-5-7-15(14)21/h4-10,18H,1-3H3,(H,23,25)(H2,22,24,26). The number of rotatable bonds is 3. The molecule has 0 fully saturated rings. The van der Waals surface area contributed by atoms with E-state index < -0.39 is 6.04 Å². The van der Waals surface area contributed by atoms with E-state index >= 15 is 0 Å². The lowest BCUT2D eigenvalue weighted by Crippen LogP contribution is -2.46. The van der Waals surface area contributed by atoms with Gasteiger partial charge in [0.1, 0.15) is 0 Å². The average molecular weight is 414 g/mol.